The predicted octanol–water partition coefficient (Wildman–Crippen LogP) is 1.37. The molecule has 1 aromatic heterocycles. The molecule has 0 aliphatic carbocycles. The largest absolute Gasteiger partial charge is 0.348 e. The summed E-state index contributed by atoms with van der Waals surface area (Å²) in [6, 6.07) is 14.6. The molecule has 7 nitrogen and oxygen atoms in total. The monoisotopic (exact) mass is 371 g/mol. The molecule has 3 N–H and O–H groups in total. The molecule has 0 unspecified atom stereocenters. The topological polar surface area (TPSA) is 108 Å². The lowest BCUT2D eigenvalue weighted by molar-refractivity contribution is 0.0952. The number of fused-ring (bicyclic) bond motifs is 1. The van der Waals surface area contributed by atoms with E-state index in [9.17, 15) is 18.0 Å². The first-order valence-electron chi connectivity index (χ1n) is 7.83. The molecular formula is C18H17N3O4S. The Bertz CT molecular complexity index is 1140. The molecule has 26 heavy (non-hydrogen) atoms. The summed E-state index contributed by atoms with van der Waals surface area (Å²) in [6.07, 6.45) is 0. The number of rotatable bonds is 5. The molecule has 134 valence electrons. The number of carbonyl (C=O) groups is 1. The average Bonchev–Trinajstić information content (AvgIpc) is 2.65. The summed E-state index contributed by atoms with van der Waals surface area (Å²) in [4.78, 5) is 27.1. The van der Waals surface area contributed by atoms with Crippen LogP contribution < -0.4 is 15.6 Å². The molecule has 3 aromatic rings. The molecule has 0 spiro atoms. The SMILES string of the molecule is CNS(=O)(=O)c1cccc(CNC(=O)c2cc(=O)[nH]c3ccccc23)c1. The molecule has 8 heteroatoms. The summed E-state index contributed by atoms with van der Waals surface area (Å²) in [5, 5.41) is 3.36. The van der Waals surface area contributed by atoms with E-state index in [1.165, 1.54) is 25.2 Å². The maximum absolute atomic E-state index is 12.5. The third kappa shape index (κ3) is 3.66. The van der Waals surface area contributed by atoms with Crippen LogP contribution in [0.2, 0.25) is 0 Å². The van der Waals surface area contributed by atoms with Gasteiger partial charge in [0.15, 0.2) is 0 Å². The molecule has 0 atom stereocenters. The number of nitrogens with one attached hydrogen (secondary N) is 3. The van der Waals surface area contributed by atoms with Gasteiger partial charge in [-0.2, -0.15) is 0 Å². The Labute approximate surface area is 150 Å². The molecule has 0 aliphatic rings. The second-order valence-electron chi connectivity index (χ2n) is 5.63. The van der Waals surface area contributed by atoms with Crippen molar-refractivity contribution in [3.63, 3.8) is 0 Å². The van der Waals surface area contributed by atoms with Gasteiger partial charge in [-0.05, 0) is 30.8 Å². The fraction of sp³-hybridized carbons (Fsp3) is 0.111. The van der Waals surface area contributed by atoms with Gasteiger partial charge in [-0.1, -0.05) is 30.3 Å². The minimum Gasteiger partial charge on any atom is -0.348 e. The first-order valence-corrected chi connectivity index (χ1v) is 9.32. The van der Waals surface area contributed by atoms with Gasteiger partial charge in [-0.25, -0.2) is 13.1 Å². The minimum atomic E-state index is -3.55. The second kappa shape index (κ2) is 7.11. The Morgan fingerprint density at radius 3 is 2.62 bits per heavy atom. The summed E-state index contributed by atoms with van der Waals surface area (Å²) >= 11 is 0. The van der Waals surface area contributed by atoms with Crippen molar-refractivity contribution in [2.75, 3.05) is 7.05 Å². The zero-order valence-electron chi connectivity index (χ0n) is 13.9. The van der Waals surface area contributed by atoms with E-state index >= 15 is 0 Å². The zero-order valence-corrected chi connectivity index (χ0v) is 14.8. The average molecular weight is 371 g/mol. The van der Waals surface area contributed by atoms with Crippen LogP contribution in [0.3, 0.4) is 0 Å². The van der Waals surface area contributed by atoms with Crippen molar-refractivity contribution in [1.29, 1.82) is 0 Å². The predicted molar refractivity (Wildman–Crippen MR) is 98.4 cm³/mol. The van der Waals surface area contributed by atoms with E-state index in [1.54, 1.807) is 36.4 Å². The van der Waals surface area contributed by atoms with Gasteiger partial charge < -0.3 is 10.3 Å². The molecule has 0 saturated heterocycles. The van der Waals surface area contributed by atoms with Gasteiger partial charge in [0.05, 0.1) is 10.5 Å². The number of aromatic nitrogens is 1. The van der Waals surface area contributed by atoms with Crippen LogP contribution in [0.4, 0.5) is 0 Å². The molecule has 0 bridgehead atoms. The fourth-order valence-corrected chi connectivity index (χ4v) is 3.41. The summed E-state index contributed by atoms with van der Waals surface area (Å²) in [5.74, 6) is -0.408. The smallest absolute Gasteiger partial charge is 0.252 e. The molecule has 0 fully saturated rings. The second-order valence-corrected chi connectivity index (χ2v) is 7.52. The van der Waals surface area contributed by atoms with Crippen molar-refractivity contribution < 1.29 is 13.2 Å². The van der Waals surface area contributed by atoms with Crippen LogP contribution in [0.25, 0.3) is 10.9 Å². The highest BCUT2D eigenvalue weighted by Crippen LogP contribution is 2.15. The van der Waals surface area contributed by atoms with Crippen molar-refractivity contribution >= 4 is 26.8 Å². The maximum Gasteiger partial charge on any atom is 0.252 e. The molecule has 3 rings (SSSR count). The molecule has 0 aliphatic heterocycles. The van der Waals surface area contributed by atoms with Gasteiger partial charge in [0.1, 0.15) is 0 Å². The summed E-state index contributed by atoms with van der Waals surface area (Å²) in [7, 11) is -2.22. The Balaban J connectivity index is 1.85. The molecule has 0 saturated carbocycles. The zero-order chi connectivity index (χ0) is 18.7. The lowest BCUT2D eigenvalue weighted by atomic mass is 10.1. The minimum absolute atomic E-state index is 0.119. The van der Waals surface area contributed by atoms with Gasteiger partial charge >= 0.3 is 0 Å². The van der Waals surface area contributed by atoms with E-state index in [0.29, 0.717) is 16.5 Å². The molecular weight excluding hydrogens is 354 g/mol. The Morgan fingerprint density at radius 1 is 1.08 bits per heavy atom. The van der Waals surface area contributed by atoms with Crippen LogP contribution in [-0.2, 0) is 16.6 Å². The highest BCUT2D eigenvalue weighted by Gasteiger charge is 2.13. The summed E-state index contributed by atoms with van der Waals surface area (Å²) in [6.45, 7) is 0.132. The van der Waals surface area contributed by atoms with Crippen LogP contribution >= 0.6 is 0 Å². The van der Waals surface area contributed by atoms with Crippen molar-refractivity contribution in [1.82, 2.24) is 15.0 Å². The molecule has 1 amide bonds. The van der Waals surface area contributed by atoms with E-state index in [2.05, 4.69) is 15.0 Å². The summed E-state index contributed by atoms with van der Waals surface area (Å²) < 4.78 is 26.0. The van der Waals surface area contributed by atoms with E-state index < -0.39 is 15.9 Å². The first kappa shape index (κ1) is 17.8. The van der Waals surface area contributed by atoms with E-state index in [4.69, 9.17) is 0 Å². The quantitative estimate of drug-likeness (QED) is 0.629. The number of hydrogen-bond donors (Lipinski definition) is 3. The van der Waals surface area contributed by atoms with E-state index in [1.807, 2.05) is 0 Å². The Kier molecular flexibility index (Phi) is 4.88. The number of pyridine rings is 1. The van der Waals surface area contributed by atoms with Crippen LogP contribution in [0, 0.1) is 0 Å². The Morgan fingerprint density at radius 2 is 1.85 bits per heavy atom. The van der Waals surface area contributed by atoms with Gasteiger partial charge in [0.2, 0.25) is 15.6 Å². The van der Waals surface area contributed by atoms with Gasteiger partial charge in [-0.15, -0.1) is 0 Å². The van der Waals surface area contributed by atoms with Gasteiger partial charge in [-0.3, -0.25) is 9.59 Å². The van der Waals surface area contributed by atoms with Gasteiger partial charge in [0.25, 0.3) is 5.91 Å². The van der Waals surface area contributed by atoms with E-state index in [0.717, 1.165) is 0 Å². The molecule has 2 aromatic carbocycles. The van der Waals surface area contributed by atoms with Crippen LogP contribution in [0.1, 0.15) is 15.9 Å². The third-order valence-electron chi connectivity index (χ3n) is 3.93. The number of aromatic amines is 1. The number of hydrogen-bond acceptors (Lipinski definition) is 4. The highest BCUT2D eigenvalue weighted by molar-refractivity contribution is 7.89. The van der Waals surface area contributed by atoms with Crippen LogP contribution in [-0.4, -0.2) is 26.4 Å². The standard InChI is InChI=1S/C18H17N3O4S/c1-19-26(24,25)13-6-4-5-12(9-13)11-20-18(23)15-10-17(22)21-16-8-3-2-7-14(15)16/h2-10,19H,11H2,1H3,(H,20,23)(H,21,22). The van der Waals surface area contributed by atoms with Gasteiger partial charge in [0, 0.05) is 23.5 Å². The number of H-pyrrole nitrogens is 1. The van der Waals surface area contributed by atoms with Crippen molar-refractivity contribution in [3.8, 4) is 0 Å². The number of carbonyl (C=O) groups excluding carboxylic acids is 1. The normalized spacial score (nSPS) is 11.4. The highest BCUT2D eigenvalue weighted by atomic mass is 32.2. The lowest BCUT2D eigenvalue weighted by Crippen LogP contribution is -2.25. The maximum atomic E-state index is 12.5. The number of para-hydroxylation sites is 1. The van der Waals surface area contributed by atoms with Crippen molar-refractivity contribution in [2.24, 2.45) is 0 Å². The molecule has 1 heterocycles. The molecule has 0 radical (unpaired) electrons. The van der Waals surface area contributed by atoms with Crippen LogP contribution in [0.15, 0.2) is 64.3 Å². The summed E-state index contributed by atoms with van der Waals surface area (Å²) in [5.41, 5.74) is 1.11. The number of benzene rings is 2. The van der Waals surface area contributed by atoms with Crippen LogP contribution in [0.5, 0.6) is 0 Å². The first-order chi connectivity index (χ1) is 12.4. The third-order valence-corrected chi connectivity index (χ3v) is 5.34. The van der Waals surface area contributed by atoms with E-state index in [-0.39, 0.29) is 22.6 Å². The Hall–Kier alpha value is -2.97. The van der Waals surface area contributed by atoms with Crippen molar-refractivity contribution in [3.05, 3.63) is 76.1 Å². The number of sulfonamides is 1. The number of amides is 1. The van der Waals surface area contributed by atoms with Crippen molar-refractivity contribution in [2.45, 2.75) is 11.4 Å². The lowest BCUT2D eigenvalue weighted by Gasteiger charge is -2.09. The fourth-order valence-electron chi connectivity index (χ4n) is 2.61.